The maximum Gasteiger partial charge on any atom is 0.243 e. The second-order valence-electron chi connectivity index (χ2n) is 5.80. The molecule has 1 N–H and O–H groups in total. The minimum atomic E-state index is -3.43. The van der Waals surface area contributed by atoms with Gasteiger partial charge in [0.05, 0.1) is 11.0 Å². The van der Waals surface area contributed by atoms with E-state index in [0.717, 1.165) is 19.3 Å². The highest BCUT2D eigenvalue weighted by atomic mass is 32.2. The molecule has 1 aliphatic rings. The van der Waals surface area contributed by atoms with Crippen LogP contribution in [0.2, 0.25) is 0 Å². The molecule has 1 heterocycles. The monoisotopic (exact) mass is 311 g/mol. The molecule has 0 spiro atoms. The van der Waals surface area contributed by atoms with Crippen molar-refractivity contribution < 1.29 is 13.5 Å². The fourth-order valence-electron chi connectivity index (χ4n) is 2.93. The van der Waals surface area contributed by atoms with Gasteiger partial charge in [-0.25, -0.2) is 8.42 Å². The fourth-order valence-corrected chi connectivity index (χ4v) is 4.51. The van der Waals surface area contributed by atoms with Crippen molar-refractivity contribution in [2.75, 3.05) is 13.1 Å². The molecular weight excluding hydrogens is 286 g/mol. The van der Waals surface area contributed by atoms with Gasteiger partial charge in [0.1, 0.15) is 0 Å². The lowest BCUT2D eigenvalue weighted by molar-refractivity contribution is 0.173. The van der Waals surface area contributed by atoms with Gasteiger partial charge >= 0.3 is 0 Å². The van der Waals surface area contributed by atoms with E-state index in [1.807, 2.05) is 6.92 Å². The molecular formula is C16H25NO3S. The summed E-state index contributed by atoms with van der Waals surface area (Å²) in [6, 6.07) is 6.71. The van der Waals surface area contributed by atoms with Crippen molar-refractivity contribution in [2.24, 2.45) is 5.92 Å². The number of hydrogen-bond acceptors (Lipinski definition) is 3. The van der Waals surface area contributed by atoms with Crippen LogP contribution in [0.15, 0.2) is 29.2 Å². The molecule has 0 aliphatic carbocycles. The van der Waals surface area contributed by atoms with E-state index in [-0.39, 0.29) is 0 Å². The van der Waals surface area contributed by atoms with Crippen molar-refractivity contribution in [2.45, 2.75) is 50.5 Å². The van der Waals surface area contributed by atoms with Gasteiger partial charge in [-0.15, -0.1) is 0 Å². The largest absolute Gasteiger partial charge is 0.388 e. The molecule has 21 heavy (non-hydrogen) atoms. The van der Waals surface area contributed by atoms with Gasteiger partial charge < -0.3 is 5.11 Å². The molecule has 1 aromatic rings. The van der Waals surface area contributed by atoms with E-state index < -0.39 is 16.1 Å². The van der Waals surface area contributed by atoms with Gasteiger partial charge in [-0.05, 0) is 42.9 Å². The highest BCUT2D eigenvalue weighted by Crippen LogP contribution is 2.28. The van der Waals surface area contributed by atoms with Crippen molar-refractivity contribution in [1.82, 2.24) is 4.31 Å². The Morgan fingerprint density at radius 2 is 2.14 bits per heavy atom. The molecule has 2 unspecified atom stereocenters. The summed E-state index contributed by atoms with van der Waals surface area (Å²) in [6.07, 6.45) is 3.10. The number of nitrogens with zero attached hydrogens (tertiary/aromatic N) is 1. The Morgan fingerprint density at radius 1 is 1.38 bits per heavy atom. The van der Waals surface area contributed by atoms with Crippen LogP contribution >= 0.6 is 0 Å². The predicted octanol–water partition coefficient (Wildman–Crippen LogP) is 2.94. The van der Waals surface area contributed by atoms with Crippen LogP contribution in [0.1, 0.15) is 51.2 Å². The fraction of sp³-hybridized carbons (Fsp3) is 0.625. The van der Waals surface area contributed by atoms with Crippen LogP contribution < -0.4 is 0 Å². The van der Waals surface area contributed by atoms with Crippen LogP contribution in [0, 0.1) is 5.92 Å². The van der Waals surface area contributed by atoms with E-state index in [1.54, 1.807) is 28.6 Å². The van der Waals surface area contributed by atoms with Crippen LogP contribution in [0.5, 0.6) is 0 Å². The molecule has 118 valence electrons. The topological polar surface area (TPSA) is 57.6 Å². The van der Waals surface area contributed by atoms with Gasteiger partial charge in [0.15, 0.2) is 0 Å². The van der Waals surface area contributed by atoms with Gasteiger partial charge in [-0.1, -0.05) is 32.4 Å². The molecule has 1 aromatic carbocycles. The van der Waals surface area contributed by atoms with Gasteiger partial charge in [0.25, 0.3) is 0 Å². The van der Waals surface area contributed by atoms with E-state index in [4.69, 9.17) is 0 Å². The zero-order valence-electron chi connectivity index (χ0n) is 12.8. The molecule has 2 atom stereocenters. The van der Waals surface area contributed by atoms with Crippen LogP contribution in [0.3, 0.4) is 0 Å². The lowest BCUT2D eigenvalue weighted by Crippen LogP contribution is -2.29. The van der Waals surface area contributed by atoms with Crippen molar-refractivity contribution in [3.8, 4) is 0 Å². The second kappa shape index (κ2) is 6.90. The summed E-state index contributed by atoms with van der Waals surface area (Å²) in [4.78, 5) is 0.296. The minimum absolute atomic E-state index is 0.296. The summed E-state index contributed by atoms with van der Waals surface area (Å²) in [7, 11) is -3.43. The van der Waals surface area contributed by atoms with E-state index in [9.17, 15) is 13.5 Å². The van der Waals surface area contributed by atoms with Crippen molar-refractivity contribution in [1.29, 1.82) is 0 Å². The van der Waals surface area contributed by atoms with E-state index in [2.05, 4.69) is 6.92 Å². The number of rotatable bonds is 6. The quantitative estimate of drug-likeness (QED) is 0.879. The lowest BCUT2D eigenvalue weighted by atomic mass is 10.0. The third kappa shape index (κ3) is 3.65. The molecule has 1 saturated heterocycles. The standard InChI is InChI=1S/C16H25NO3S/c1-3-6-13-9-10-17(12-13)21(19,20)15-8-5-7-14(11-15)16(18)4-2/h5,7-8,11,13,16,18H,3-4,6,9-10,12H2,1-2H3. The molecule has 0 saturated carbocycles. The average molecular weight is 311 g/mol. The second-order valence-corrected chi connectivity index (χ2v) is 7.74. The van der Waals surface area contributed by atoms with Gasteiger partial charge in [0.2, 0.25) is 10.0 Å². The zero-order chi connectivity index (χ0) is 15.5. The number of sulfonamides is 1. The Morgan fingerprint density at radius 3 is 2.81 bits per heavy atom. The van der Waals surface area contributed by atoms with Gasteiger partial charge in [0, 0.05) is 13.1 Å². The predicted molar refractivity (Wildman–Crippen MR) is 83.5 cm³/mol. The minimum Gasteiger partial charge on any atom is -0.388 e. The molecule has 0 amide bonds. The first-order valence-electron chi connectivity index (χ1n) is 7.77. The zero-order valence-corrected chi connectivity index (χ0v) is 13.6. The SMILES string of the molecule is CCCC1CCN(S(=O)(=O)c2cccc(C(O)CC)c2)C1. The van der Waals surface area contributed by atoms with Crippen LogP contribution in [0.25, 0.3) is 0 Å². The highest BCUT2D eigenvalue weighted by molar-refractivity contribution is 7.89. The Kier molecular flexibility index (Phi) is 5.41. The lowest BCUT2D eigenvalue weighted by Gasteiger charge is -2.18. The Labute approximate surface area is 127 Å². The number of hydrogen-bond donors (Lipinski definition) is 1. The molecule has 1 fully saturated rings. The summed E-state index contributed by atoms with van der Waals surface area (Å²) in [5, 5.41) is 9.89. The highest BCUT2D eigenvalue weighted by Gasteiger charge is 2.32. The summed E-state index contributed by atoms with van der Waals surface area (Å²) in [6.45, 7) is 5.23. The maximum atomic E-state index is 12.7. The Balaban J connectivity index is 2.20. The molecule has 0 bridgehead atoms. The first kappa shape index (κ1) is 16.5. The maximum absolute atomic E-state index is 12.7. The summed E-state index contributed by atoms with van der Waals surface area (Å²) in [5.74, 6) is 0.481. The third-order valence-electron chi connectivity index (χ3n) is 4.21. The summed E-state index contributed by atoms with van der Waals surface area (Å²) < 4.78 is 27.0. The van der Waals surface area contributed by atoms with E-state index in [0.29, 0.717) is 35.9 Å². The number of aliphatic hydroxyl groups excluding tert-OH is 1. The first-order valence-corrected chi connectivity index (χ1v) is 9.21. The van der Waals surface area contributed by atoms with E-state index in [1.165, 1.54) is 0 Å². The van der Waals surface area contributed by atoms with Gasteiger partial charge in [-0.2, -0.15) is 4.31 Å². The molecule has 1 aliphatic heterocycles. The number of aliphatic hydroxyl groups is 1. The Bertz CT molecular complexity index is 571. The smallest absolute Gasteiger partial charge is 0.243 e. The third-order valence-corrected chi connectivity index (χ3v) is 6.07. The van der Waals surface area contributed by atoms with Crippen LogP contribution in [0.4, 0.5) is 0 Å². The van der Waals surface area contributed by atoms with Crippen molar-refractivity contribution >= 4 is 10.0 Å². The van der Waals surface area contributed by atoms with Crippen LogP contribution in [-0.4, -0.2) is 30.9 Å². The Hall–Kier alpha value is -0.910. The van der Waals surface area contributed by atoms with Crippen LogP contribution in [-0.2, 0) is 10.0 Å². The summed E-state index contributed by atoms with van der Waals surface area (Å²) in [5.41, 5.74) is 0.669. The summed E-state index contributed by atoms with van der Waals surface area (Å²) >= 11 is 0. The van der Waals surface area contributed by atoms with Crippen molar-refractivity contribution in [3.05, 3.63) is 29.8 Å². The molecule has 4 nitrogen and oxygen atoms in total. The normalized spacial score (nSPS) is 21.6. The van der Waals surface area contributed by atoms with Crippen molar-refractivity contribution in [3.63, 3.8) is 0 Å². The average Bonchev–Trinajstić information content (AvgIpc) is 2.96. The number of benzene rings is 1. The van der Waals surface area contributed by atoms with Gasteiger partial charge in [-0.3, -0.25) is 0 Å². The molecule has 0 radical (unpaired) electrons. The van der Waals surface area contributed by atoms with E-state index >= 15 is 0 Å². The first-order chi connectivity index (χ1) is 9.98. The molecule has 0 aromatic heterocycles. The molecule has 2 rings (SSSR count). The molecule has 5 heteroatoms.